The lowest BCUT2D eigenvalue weighted by atomic mass is 9.94. The SMILES string of the molecule is CC(N)=NCC=C(CF)CCC(C)(N)C(=O)O. The van der Waals surface area contributed by atoms with Gasteiger partial charge in [0.25, 0.3) is 0 Å². The molecule has 0 aromatic rings. The third-order valence-electron chi connectivity index (χ3n) is 2.35. The van der Waals surface area contributed by atoms with E-state index in [0.717, 1.165) is 0 Å². The van der Waals surface area contributed by atoms with Gasteiger partial charge in [-0.25, -0.2) is 4.39 Å². The van der Waals surface area contributed by atoms with E-state index >= 15 is 0 Å². The number of allylic oxidation sites excluding steroid dienone is 1. The second kappa shape index (κ2) is 7.01. The molecule has 0 amide bonds. The Balaban J connectivity index is 4.33. The Bertz CT molecular complexity index is 321. The molecule has 0 heterocycles. The van der Waals surface area contributed by atoms with Gasteiger partial charge in [-0.1, -0.05) is 6.08 Å². The van der Waals surface area contributed by atoms with Crippen LogP contribution in [-0.2, 0) is 4.79 Å². The molecule has 0 fully saturated rings. The molecule has 17 heavy (non-hydrogen) atoms. The highest BCUT2D eigenvalue weighted by Gasteiger charge is 2.27. The maximum atomic E-state index is 12.6. The number of carboxylic acids is 1. The van der Waals surface area contributed by atoms with Gasteiger partial charge < -0.3 is 16.6 Å². The van der Waals surface area contributed by atoms with Crippen molar-refractivity contribution in [3.63, 3.8) is 0 Å². The highest BCUT2D eigenvalue weighted by atomic mass is 19.1. The maximum Gasteiger partial charge on any atom is 0.323 e. The number of halogens is 1. The first-order chi connectivity index (χ1) is 7.79. The number of hydrogen-bond acceptors (Lipinski definition) is 3. The molecule has 5 nitrogen and oxygen atoms in total. The highest BCUT2D eigenvalue weighted by Crippen LogP contribution is 2.14. The number of carboxylic acid groups (broad SMARTS) is 1. The van der Waals surface area contributed by atoms with Crippen LogP contribution in [-0.4, -0.2) is 35.7 Å². The molecule has 5 N–H and O–H groups in total. The van der Waals surface area contributed by atoms with Crippen molar-refractivity contribution in [1.82, 2.24) is 0 Å². The molecule has 0 radical (unpaired) electrons. The maximum absolute atomic E-state index is 12.6. The first-order valence-electron chi connectivity index (χ1n) is 5.32. The van der Waals surface area contributed by atoms with E-state index in [1.54, 1.807) is 13.0 Å². The molecule has 98 valence electrons. The zero-order chi connectivity index (χ0) is 13.5. The molecule has 0 saturated heterocycles. The van der Waals surface area contributed by atoms with Crippen LogP contribution in [0.1, 0.15) is 26.7 Å². The molecular weight excluding hydrogens is 225 g/mol. The Morgan fingerprint density at radius 3 is 2.59 bits per heavy atom. The zero-order valence-electron chi connectivity index (χ0n) is 10.2. The van der Waals surface area contributed by atoms with E-state index in [1.165, 1.54) is 6.92 Å². The van der Waals surface area contributed by atoms with Gasteiger partial charge in [0.05, 0.1) is 12.4 Å². The van der Waals surface area contributed by atoms with Gasteiger partial charge in [-0.15, -0.1) is 0 Å². The number of carbonyl (C=O) groups is 1. The summed E-state index contributed by atoms with van der Waals surface area (Å²) in [5, 5.41) is 8.80. The monoisotopic (exact) mass is 245 g/mol. The Morgan fingerprint density at radius 1 is 1.59 bits per heavy atom. The van der Waals surface area contributed by atoms with Crippen LogP contribution in [0.3, 0.4) is 0 Å². The van der Waals surface area contributed by atoms with Gasteiger partial charge in [0.15, 0.2) is 0 Å². The molecule has 0 spiro atoms. The van der Waals surface area contributed by atoms with E-state index in [0.29, 0.717) is 24.4 Å². The van der Waals surface area contributed by atoms with E-state index in [-0.39, 0.29) is 6.42 Å². The highest BCUT2D eigenvalue weighted by molar-refractivity contribution is 5.78. The first-order valence-corrected chi connectivity index (χ1v) is 5.32. The second-order valence-corrected chi connectivity index (χ2v) is 4.20. The number of nitrogens with two attached hydrogens (primary N) is 2. The Morgan fingerprint density at radius 2 is 2.18 bits per heavy atom. The summed E-state index contributed by atoms with van der Waals surface area (Å²) in [6.07, 6.45) is 2.09. The third kappa shape index (κ3) is 6.68. The van der Waals surface area contributed by atoms with Crippen molar-refractivity contribution in [2.24, 2.45) is 16.5 Å². The number of aliphatic carboxylic acids is 1. The fraction of sp³-hybridized carbons (Fsp3) is 0.636. The van der Waals surface area contributed by atoms with Crippen molar-refractivity contribution >= 4 is 11.8 Å². The fourth-order valence-electron chi connectivity index (χ4n) is 1.07. The number of aliphatic imine (C=N–C) groups is 1. The average Bonchev–Trinajstić information content (AvgIpc) is 2.22. The van der Waals surface area contributed by atoms with Crippen LogP contribution in [0.15, 0.2) is 16.6 Å². The lowest BCUT2D eigenvalue weighted by molar-refractivity contribution is -0.142. The lowest BCUT2D eigenvalue weighted by Crippen LogP contribution is -2.44. The van der Waals surface area contributed by atoms with Gasteiger partial charge in [-0.3, -0.25) is 9.79 Å². The van der Waals surface area contributed by atoms with Crippen LogP contribution >= 0.6 is 0 Å². The summed E-state index contributed by atoms with van der Waals surface area (Å²) >= 11 is 0. The number of hydrogen-bond donors (Lipinski definition) is 3. The van der Waals surface area contributed by atoms with Crippen LogP contribution in [0.2, 0.25) is 0 Å². The fourth-order valence-corrected chi connectivity index (χ4v) is 1.07. The molecule has 1 unspecified atom stereocenters. The summed E-state index contributed by atoms with van der Waals surface area (Å²) in [5.74, 6) is -0.666. The van der Waals surface area contributed by atoms with Crippen LogP contribution in [0.5, 0.6) is 0 Å². The van der Waals surface area contributed by atoms with E-state index < -0.39 is 18.2 Å². The predicted molar refractivity (Wildman–Crippen MR) is 65.7 cm³/mol. The van der Waals surface area contributed by atoms with Gasteiger partial charge in [0.2, 0.25) is 0 Å². The van der Waals surface area contributed by atoms with Gasteiger partial charge in [-0.2, -0.15) is 0 Å². The summed E-state index contributed by atoms with van der Waals surface area (Å²) < 4.78 is 12.6. The van der Waals surface area contributed by atoms with Crippen LogP contribution in [0.4, 0.5) is 4.39 Å². The van der Waals surface area contributed by atoms with Crippen LogP contribution < -0.4 is 11.5 Å². The molecule has 6 heteroatoms. The molecule has 0 rings (SSSR count). The van der Waals surface area contributed by atoms with Gasteiger partial charge in [0.1, 0.15) is 12.2 Å². The normalized spacial score (nSPS) is 16.7. The van der Waals surface area contributed by atoms with Crippen molar-refractivity contribution in [2.45, 2.75) is 32.2 Å². The number of rotatable bonds is 7. The molecular formula is C11H20FN3O2. The Hall–Kier alpha value is -1.43. The number of nitrogens with zero attached hydrogens (tertiary/aromatic N) is 1. The van der Waals surface area contributed by atoms with Crippen molar-refractivity contribution in [2.75, 3.05) is 13.2 Å². The molecule has 0 aromatic carbocycles. The Labute approximate surface area is 100 Å². The van der Waals surface area contributed by atoms with Gasteiger partial charge >= 0.3 is 5.97 Å². The third-order valence-corrected chi connectivity index (χ3v) is 2.35. The predicted octanol–water partition coefficient (Wildman–Crippen LogP) is 0.842. The van der Waals surface area contributed by atoms with Crippen LogP contribution in [0, 0.1) is 0 Å². The Kier molecular flexibility index (Phi) is 6.42. The van der Waals surface area contributed by atoms with Crippen molar-refractivity contribution in [3.05, 3.63) is 11.6 Å². The van der Waals surface area contributed by atoms with Crippen LogP contribution in [0.25, 0.3) is 0 Å². The summed E-state index contributed by atoms with van der Waals surface area (Å²) in [6.45, 7) is 2.72. The van der Waals surface area contributed by atoms with Gasteiger partial charge in [-0.05, 0) is 32.3 Å². The second-order valence-electron chi connectivity index (χ2n) is 4.20. The summed E-state index contributed by atoms with van der Waals surface area (Å²) in [6, 6.07) is 0. The number of alkyl halides is 1. The molecule has 0 aliphatic heterocycles. The quantitative estimate of drug-likeness (QED) is 0.351. The standard InChI is InChI=1S/C11H20FN3O2/c1-8(13)15-6-4-9(7-12)3-5-11(2,14)10(16)17/h4H,3,5-7,14H2,1-2H3,(H2,13,15)(H,16,17). The largest absolute Gasteiger partial charge is 0.480 e. The molecule has 0 aliphatic rings. The van der Waals surface area contributed by atoms with E-state index in [2.05, 4.69) is 4.99 Å². The molecule has 0 saturated carbocycles. The van der Waals surface area contributed by atoms with E-state index in [4.69, 9.17) is 16.6 Å². The summed E-state index contributed by atoms with van der Waals surface area (Å²) in [5.41, 5.74) is 10.0. The molecule has 0 bridgehead atoms. The van der Waals surface area contributed by atoms with E-state index in [1.807, 2.05) is 0 Å². The molecule has 1 atom stereocenters. The topological polar surface area (TPSA) is 102 Å². The van der Waals surface area contributed by atoms with Crippen molar-refractivity contribution < 1.29 is 14.3 Å². The minimum absolute atomic E-state index is 0.184. The van der Waals surface area contributed by atoms with Crippen molar-refractivity contribution in [3.8, 4) is 0 Å². The van der Waals surface area contributed by atoms with E-state index in [9.17, 15) is 9.18 Å². The van der Waals surface area contributed by atoms with Gasteiger partial charge in [0, 0.05) is 0 Å². The lowest BCUT2D eigenvalue weighted by Gasteiger charge is -2.19. The summed E-state index contributed by atoms with van der Waals surface area (Å²) in [4.78, 5) is 14.6. The zero-order valence-corrected chi connectivity index (χ0v) is 10.2. The minimum atomic E-state index is -1.33. The first kappa shape index (κ1) is 15.6. The molecule has 0 aliphatic carbocycles. The number of amidine groups is 1. The average molecular weight is 245 g/mol. The minimum Gasteiger partial charge on any atom is -0.480 e. The molecule has 0 aromatic heterocycles. The van der Waals surface area contributed by atoms with Crippen molar-refractivity contribution in [1.29, 1.82) is 0 Å². The smallest absolute Gasteiger partial charge is 0.323 e. The summed E-state index contributed by atoms with van der Waals surface area (Å²) in [7, 11) is 0.